The minimum atomic E-state index is -0.362. The lowest BCUT2D eigenvalue weighted by Gasteiger charge is -2.43. The second kappa shape index (κ2) is 10.5. The number of thioether (sulfide) groups is 1. The van der Waals surface area contributed by atoms with Gasteiger partial charge in [-0.15, -0.1) is 11.8 Å². The third-order valence-corrected chi connectivity index (χ3v) is 12.2. The highest BCUT2D eigenvalue weighted by Crippen LogP contribution is 2.68. The molecule has 10 heteroatoms. The molecule has 0 spiro atoms. The summed E-state index contributed by atoms with van der Waals surface area (Å²) in [4.78, 5) is 58.2. The Labute approximate surface area is 261 Å². The Morgan fingerprint density at radius 3 is 2.48 bits per heavy atom. The average Bonchev–Trinajstić information content (AvgIpc) is 3.76. The normalized spacial score (nSPS) is 28.0. The Morgan fingerprint density at radius 1 is 0.955 bits per heavy atom. The van der Waals surface area contributed by atoms with Crippen molar-refractivity contribution in [3.05, 3.63) is 105 Å². The SMILES string of the molecule is Cc1ccc(NC(=O)COc2cccc([C@@H]3c4sc(=O)[nH]c4S[C@@H]4[C@@H]5C[C@@H]([C@@H]6C(=O)N(c7ccccc7)C(=O)[C@@H]56)[C@H]34)c2)cc1. The Hall–Kier alpha value is -4.15. The van der Waals surface area contributed by atoms with Gasteiger partial charge in [-0.25, -0.2) is 0 Å². The minimum Gasteiger partial charge on any atom is -0.484 e. The van der Waals surface area contributed by atoms with Crippen LogP contribution >= 0.6 is 23.1 Å². The smallest absolute Gasteiger partial charge is 0.305 e. The maximum Gasteiger partial charge on any atom is 0.305 e. The topological polar surface area (TPSA) is 109 Å². The molecule has 3 aromatic carbocycles. The number of hydrogen-bond acceptors (Lipinski definition) is 7. The average molecular weight is 624 g/mol. The zero-order chi connectivity index (χ0) is 30.1. The van der Waals surface area contributed by atoms with Gasteiger partial charge in [-0.2, -0.15) is 0 Å². The maximum absolute atomic E-state index is 13.9. The first kappa shape index (κ1) is 27.4. The summed E-state index contributed by atoms with van der Waals surface area (Å²) in [5.74, 6) is -0.580. The fourth-order valence-electron chi connectivity index (χ4n) is 8.00. The van der Waals surface area contributed by atoms with Crippen molar-refractivity contribution in [3.8, 4) is 5.75 Å². The lowest BCUT2D eigenvalue weighted by Crippen LogP contribution is -2.42. The van der Waals surface area contributed by atoms with E-state index >= 15 is 0 Å². The lowest BCUT2D eigenvalue weighted by atomic mass is 9.68. The maximum atomic E-state index is 13.9. The molecule has 2 N–H and O–H groups in total. The molecule has 3 fully saturated rings. The quantitative estimate of drug-likeness (QED) is 0.277. The fourth-order valence-corrected chi connectivity index (χ4v) is 10.9. The van der Waals surface area contributed by atoms with Crippen LogP contribution in [0.15, 0.2) is 88.7 Å². The van der Waals surface area contributed by atoms with Crippen LogP contribution in [0.5, 0.6) is 5.75 Å². The predicted molar refractivity (Wildman–Crippen MR) is 169 cm³/mol. The molecule has 0 unspecified atom stereocenters. The van der Waals surface area contributed by atoms with Crippen LogP contribution in [0, 0.1) is 36.5 Å². The standard InChI is InChI=1S/C34H29N3O5S2/c1-17-10-12-19(13-11-17)35-24(38)16-42-21-9-5-6-18(14-21)25-26-22-15-23(29(26)43-31-30(25)44-34(41)36-31)28-27(22)32(39)37(33(28)40)20-7-3-2-4-8-20/h2-14,22-23,25-29H,15-16H2,1H3,(H,35,38)(H,36,41)/t22-,23-,25+,26-,27+,28+,29-/m1/s1. The lowest BCUT2D eigenvalue weighted by molar-refractivity contribution is -0.123. The van der Waals surface area contributed by atoms with Gasteiger partial charge in [-0.05, 0) is 73.1 Å². The van der Waals surface area contributed by atoms with Crippen molar-refractivity contribution in [3.63, 3.8) is 0 Å². The Bertz CT molecular complexity index is 1850. The van der Waals surface area contributed by atoms with Gasteiger partial charge in [-0.3, -0.25) is 24.1 Å². The number of ether oxygens (including phenoxy) is 1. The van der Waals surface area contributed by atoms with Crippen molar-refractivity contribution in [1.29, 1.82) is 0 Å². The number of para-hydroxylation sites is 1. The zero-order valence-electron chi connectivity index (χ0n) is 23.8. The molecule has 2 saturated carbocycles. The molecule has 1 saturated heterocycles. The first-order valence-corrected chi connectivity index (χ1v) is 16.5. The van der Waals surface area contributed by atoms with Crippen molar-refractivity contribution in [1.82, 2.24) is 4.98 Å². The zero-order valence-corrected chi connectivity index (χ0v) is 25.4. The highest BCUT2D eigenvalue weighted by Gasteiger charge is 2.69. The van der Waals surface area contributed by atoms with E-state index < -0.39 is 0 Å². The van der Waals surface area contributed by atoms with E-state index in [1.807, 2.05) is 85.8 Å². The number of aromatic nitrogens is 1. The van der Waals surface area contributed by atoms with Crippen molar-refractivity contribution >= 4 is 52.2 Å². The fraction of sp³-hybridized carbons (Fsp3) is 0.294. The number of nitrogens with one attached hydrogen (secondary N) is 2. The second-order valence-corrected chi connectivity index (χ2v) is 14.3. The number of hydrogen-bond donors (Lipinski definition) is 2. The first-order valence-electron chi connectivity index (χ1n) is 14.8. The molecule has 3 heterocycles. The van der Waals surface area contributed by atoms with Gasteiger partial charge < -0.3 is 15.0 Å². The summed E-state index contributed by atoms with van der Waals surface area (Å²) < 4.78 is 5.94. The highest BCUT2D eigenvalue weighted by molar-refractivity contribution is 8.00. The van der Waals surface area contributed by atoms with Crippen LogP contribution in [0.1, 0.15) is 28.3 Å². The molecule has 2 aliphatic carbocycles. The summed E-state index contributed by atoms with van der Waals surface area (Å²) in [6, 6.07) is 24.5. The Balaban J connectivity index is 1.09. The number of aromatic amines is 1. The van der Waals surface area contributed by atoms with Crippen LogP contribution in [0.25, 0.3) is 0 Å². The number of amides is 3. The molecule has 3 amide bonds. The third kappa shape index (κ3) is 4.34. The molecule has 0 radical (unpaired) electrons. The Kier molecular flexibility index (Phi) is 6.53. The molecule has 7 atom stereocenters. The summed E-state index contributed by atoms with van der Waals surface area (Å²) in [5, 5.41) is 3.81. The van der Waals surface area contributed by atoms with Crippen molar-refractivity contribution in [2.45, 2.75) is 29.5 Å². The van der Waals surface area contributed by atoms with Gasteiger partial charge in [0, 0.05) is 21.7 Å². The van der Waals surface area contributed by atoms with Crippen LogP contribution in [0.4, 0.5) is 11.4 Å². The van der Waals surface area contributed by atoms with Crippen LogP contribution in [-0.2, 0) is 14.4 Å². The van der Waals surface area contributed by atoms with Gasteiger partial charge in [-0.1, -0.05) is 59.4 Å². The second-order valence-electron chi connectivity index (χ2n) is 12.1. The molecule has 2 aliphatic heterocycles. The van der Waals surface area contributed by atoms with E-state index in [4.69, 9.17) is 4.74 Å². The number of aryl methyl sites for hydroxylation is 1. The number of thiazole rings is 1. The van der Waals surface area contributed by atoms with E-state index in [-0.39, 0.29) is 70.0 Å². The van der Waals surface area contributed by atoms with E-state index in [0.29, 0.717) is 17.1 Å². The van der Waals surface area contributed by atoms with E-state index in [0.717, 1.165) is 27.5 Å². The number of anilines is 2. The summed E-state index contributed by atoms with van der Waals surface area (Å²) in [6.07, 6.45) is 0.822. The van der Waals surface area contributed by atoms with Gasteiger partial charge in [0.25, 0.3) is 5.91 Å². The molecule has 4 aliphatic rings. The predicted octanol–water partition coefficient (Wildman–Crippen LogP) is 5.44. The van der Waals surface area contributed by atoms with E-state index in [1.165, 1.54) is 16.2 Å². The number of carbonyl (C=O) groups is 3. The van der Waals surface area contributed by atoms with Gasteiger partial charge >= 0.3 is 4.87 Å². The molecule has 4 aromatic rings. The van der Waals surface area contributed by atoms with Crippen LogP contribution in [-0.4, -0.2) is 34.6 Å². The number of nitrogens with zero attached hydrogens (tertiary/aromatic N) is 1. The molecule has 44 heavy (non-hydrogen) atoms. The highest BCUT2D eigenvalue weighted by atomic mass is 32.2. The summed E-state index contributed by atoms with van der Waals surface area (Å²) in [6.45, 7) is 1.84. The van der Waals surface area contributed by atoms with E-state index in [2.05, 4.69) is 10.3 Å². The van der Waals surface area contributed by atoms with Crippen LogP contribution in [0.2, 0.25) is 0 Å². The molecule has 8 nitrogen and oxygen atoms in total. The van der Waals surface area contributed by atoms with Crippen LogP contribution in [0.3, 0.4) is 0 Å². The number of rotatable bonds is 6. The molecular weight excluding hydrogens is 595 g/mol. The van der Waals surface area contributed by atoms with E-state index in [9.17, 15) is 19.2 Å². The molecule has 222 valence electrons. The number of benzene rings is 3. The summed E-state index contributed by atoms with van der Waals surface area (Å²) >= 11 is 2.89. The van der Waals surface area contributed by atoms with Crippen molar-refractivity contribution in [2.75, 3.05) is 16.8 Å². The summed E-state index contributed by atoms with van der Waals surface area (Å²) in [7, 11) is 0. The van der Waals surface area contributed by atoms with Gasteiger partial charge in [0.2, 0.25) is 11.8 Å². The molecule has 8 rings (SSSR count). The van der Waals surface area contributed by atoms with E-state index in [1.54, 1.807) is 11.8 Å². The van der Waals surface area contributed by atoms with Crippen molar-refractivity contribution in [2.24, 2.45) is 29.6 Å². The molecular formula is C34H29N3O5S2. The monoisotopic (exact) mass is 623 g/mol. The number of H-pyrrole nitrogens is 1. The van der Waals surface area contributed by atoms with Crippen LogP contribution < -0.4 is 19.8 Å². The molecule has 1 aromatic heterocycles. The van der Waals surface area contributed by atoms with Gasteiger partial charge in [0.1, 0.15) is 5.75 Å². The van der Waals surface area contributed by atoms with Gasteiger partial charge in [0.15, 0.2) is 6.61 Å². The Morgan fingerprint density at radius 2 is 1.70 bits per heavy atom. The summed E-state index contributed by atoms with van der Waals surface area (Å²) in [5.41, 5.74) is 3.43. The molecule has 2 bridgehead atoms. The number of carbonyl (C=O) groups excluding carboxylic acids is 3. The number of imide groups is 1. The largest absolute Gasteiger partial charge is 0.484 e. The minimum absolute atomic E-state index is 0.0212. The van der Waals surface area contributed by atoms with Gasteiger partial charge in [0.05, 0.1) is 22.5 Å². The number of fused-ring (bicyclic) bond motifs is 9. The first-order chi connectivity index (χ1) is 21.4. The van der Waals surface area contributed by atoms with Crippen molar-refractivity contribution < 1.29 is 19.1 Å². The third-order valence-electron chi connectivity index (χ3n) is 9.66.